The smallest absolute Gasteiger partial charge is 0.242 e. The topological polar surface area (TPSA) is 41.1 Å². The van der Waals surface area contributed by atoms with Crippen molar-refractivity contribution in [3.8, 4) is 0 Å². The molecule has 0 aliphatic carbocycles. The lowest BCUT2D eigenvalue weighted by Crippen LogP contribution is -2.42. The van der Waals surface area contributed by atoms with Gasteiger partial charge in [-0.2, -0.15) is 0 Å². The Morgan fingerprint density at radius 3 is 2.56 bits per heavy atom. The molecule has 0 aliphatic heterocycles. The van der Waals surface area contributed by atoms with Crippen LogP contribution in [-0.2, 0) is 4.79 Å². The van der Waals surface area contributed by atoms with E-state index in [9.17, 15) is 13.6 Å². The van der Waals surface area contributed by atoms with Crippen molar-refractivity contribution >= 4 is 11.6 Å². The van der Waals surface area contributed by atoms with Gasteiger partial charge in [0.25, 0.3) is 0 Å². The van der Waals surface area contributed by atoms with Crippen LogP contribution in [0, 0.1) is 11.6 Å². The third kappa shape index (κ3) is 3.98. The van der Waals surface area contributed by atoms with E-state index in [1.807, 2.05) is 13.8 Å². The number of hydrogen-bond acceptors (Lipinski definition) is 2. The number of halogens is 2. The van der Waals surface area contributed by atoms with Crippen LogP contribution in [0.15, 0.2) is 18.2 Å². The van der Waals surface area contributed by atoms with E-state index in [0.29, 0.717) is 0 Å². The highest BCUT2D eigenvalue weighted by atomic mass is 19.1. The molecule has 18 heavy (non-hydrogen) atoms. The Hall–Kier alpha value is -1.65. The van der Waals surface area contributed by atoms with Crippen LogP contribution < -0.4 is 10.6 Å². The molecule has 0 fully saturated rings. The largest absolute Gasteiger partial charge is 0.372 e. The molecule has 0 bridgehead atoms. The maximum atomic E-state index is 13.4. The van der Waals surface area contributed by atoms with E-state index in [1.165, 1.54) is 6.07 Å². The summed E-state index contributed by atoms with van der Waals surface area (Å²) in [6, 6.07) is 2.68. The second-order valence-electron chi connectivity index (χ2n) is 4.31. The minimum absolute atomic E-state index is 0.0693. The van der Waals surface area contributed by atoms with Gasteiger partial charge in [0.15, 0.2) is 0 Å². The molecule has 0 aromatic heterocycles. The summed E-state index contributed by atoms with van der Waals surface area (Å²) >= 11 is 0. The Bertz CT molecular complexity index is 423. The van der Waals surface area contributed by atoms with Crippen molar-refractivity contribution in [2.75, 3.05) is 5.32 Å². The summed E-state index contributed by atoms with van der Waals surface area (Å²) in [5.74, 6) is -1.57. The first-order valence-electron chi connectivity index (χ1n) is 5.96. The Morgan fingerprint density at radius 2 is 2.00 bits per heavy atom. The molecule has 0 saturated carbocycles. The fraction of sp³-hybridized carbons (Fsp3) is 0.462. The number of hydrogen-bond donors (Lipinski definition) is 2. The summed E-state index contributed by atoms with van der Waals surface area (Å²) in [4.78, 5) is 11.7. The molecule has 2 atom stereocenters. The van der Waals surface area contributed by atoms with Crippen molar-refractivity contribution in [1.29, 1.82) is 0 Å². The van der Waals surface area contributed by atoms with Gasteiger partial charge in [-0.15, -0.1) is 0 Å². The van der Waals surface area contributed by atoms with E-state index in [1.54, 1.807) is 6.92 Å². The van der Waals surface area contributed by atoms with E-state index < -0.39 is 17.7 Å². The van der Waals surface area contributed by atoms with E-state index in [4.69, 9.17) is 0 Å². The number of anilines is 1. The molecule has 1 aromatic rings. The molecule has 3 nitrogen and oxygen atoms in total. The van der Waals surface area contributed by atoms with Crippen molar-refractivity contribution in [2.24, 2.45) is 0 Å². The van der Waals surface area contributed by atoms with Gasteiger partial charge >= 0.3 is 0 Å². The Morgan fingerprint density at radius 1 is 1.33 bits per heavy atom. The molecule has 1 amide bonds. The first kappa shape index (κ1) is 14.4. The van der Waals surface area contributed by atoms with Gasteiger partial charge in [0.05, 0.1) is 5.69 Å². The standard InChI is InChI=1S/C13H18F2N2O/c1-4-8(2)16-13(18)9(3)17-12-6-5-10(14)7-11(12)15/h5-9,17H,4H2,1-3H3,(H,16,18). The van der Waals surface area contributed by atoms with Gasteiger partial charge in [-0.05, 0) is 32.4 Å². The fourth-order valence-corrected chi connectivity index (χ4v) is 1.38. The van der Waals surface area contributed by atoms with E-state index in [0.717, 1.165) is 18.6 Å². The van der Waals surface area contributed by atoms with Gasteiger partial charge in [0.2, 0.25) is 5.91 Å². The fourth-order valence-electron chi connectivity index (χ4n) is 1.38. The molecule has 1 aromatic carbocycles. The summed E-state index contributed by atoms with van der Waals surface area (Å²) in [7, 11) is 0. The molecule has 2 N–H and O–H groups in total. The second kappa shape index (κ2) is 6.33. The maximum Gasteiger partial charge on any atom is 0.242 e. The predicted octanol–water partition coefficient (Wildman–Crippen LogP) is 2.68. The van der Waals surface area contributed by atoms with E-state index in [-0.39, 0.29) is 17.6 Å². The van der Waals surface area contributed by atoms with Crippen LogP contribution in [0.25, 0.3) is 0 Å². The monoisotopic (exact) mass is 256 g/mol. The van der Waals surface area contributed by atoms with Crippen molar-refractivity contribution in [1.82, 2.24) is 5.32 Å². The highest BCUT2D eigenvalue weighted by Crippen LogP contribution is 2.15. The summed E-state index contributed by atoms with van der Waals surface area (Å²) in [6.07, 6.45) is 0.823. The van der Waals surface area contributed by atoms with Crippen molar-refractivity contribution in [3.63, 3.8) is 0 Å². The lowest BCUT2D eigenvalue weighted by molar-refractivity contribution is -0.122. The molecule has 1 rings (SSSR count). The summed E-state index contributed by atoms with van der Waals surface area (Å²) in [5.41, 5.74) is 0.114. The number of carbonyl (C=O) groups excluding carboxylic acids is 1. The average Bonchev–Trinajstić information content (AvgIpc) is 2.32. The summed E-state index contributed by atoms with van der Waals surface area (Å²) in [6.45, 7) is 5.48. The predicted molar refractivity (Wildman–Crippen MR) is 67.3 cm³/mol. The molecular formula is C13H18F2N2O. The molecule has 2 unspecified atom stereocenters. The van der Waals surface area contributed by atoms with Gasteiger partial charge in [-0.3, -0.25) is 4.79 Å². The van der Waals surface area contributed by atoms with Crippen LogP contribution in [-0.4, -0.2) is 18.0 Å². The number of amides is 1. The zero-order valence-corrected chi connectivity index (χ0v) is 10.8. The van der Waals surface area contributed by atoms with E-state index in [2.05, 4.69) is 10.6 Å². The molecule has 0 heterocycles. The summed E-state index contributed by atoms with van der Waals surface area (Å²) in [5, 5.41) is 5.50. The second-order valence-corrected chi connectivity index (χ2v) is 4.31. The Labute approximate surface area is 106 Å². The lowest BCUT2D eigenvalue weighted by atomic mass is 10.2. The van der Waals surface area contributed by atoms with Crippen LogP contribution >= 0.6 is 0 Å². The summed E-state index contributed by atoms with van der Waals surface area (Å²) < 4.78 is 26.1. The SMILES string of the molecule is CCC(C)NC(=O)C(C)Nc1ccc(F)cc1F. The average molecular weight is 256 g/mol. The maximum absolute atomic E-state index is 13.4. The molecule has 100 valence electrons. The normalized spacial score (nSPS) is 13.8. The minimum atomic E-state index is -0.710. The quantitative estimate of drug-likeness (QED) is 0.850. The van der Waals surface area contributed by atoms with E-state index >= 15 is 0 Å². The third-order valence-corrected chi connectivity index (χ3v) is 2.70. The molecule has 0 aliphatic rings. The van der Waals surface area contributed by atoms with Crippen molar-refractivity contribution < 1.29 is 13.6 Å². The van der Waals surface area contributed by atoms with Gasteiger partial charge < -0.3 is 10.6 Å². The first-order chi connectivity index (χ1) is 8.43. The van der Waals surface area contributed by atoms with Gasteiger partial charge in [0.1, 0.15) is 17.7 Å². The van der Waals surface area contributed by atoms with Gasteiger partial charge in [-0.1, -0.05) is 6.92 Å². The van der Waals surface area contributed by atoms with Crippen LogP contribution in [0.3, 0.4) is 0 Å². The zero-order valence-electron chi connectivity index (χ0n) is 10.8. The Kier molecular flexibility index (Phi) is 5.07. The van der Waals surface area contributed by atoms with Crippen LogP contribution in [0.5, 0.6) is 0 Å². The number of rotatable bonds is 5. The number of nitrogens with one attached hydrogen (secondary N) is 2. The number of carbonyl (C=O) groups is 1. The first-order valence-corrected chi connectivity index (χ1v) is 5.96. The van der Waals surface area contributed by atoms with Crippen molar-refractivity contribution in [3.05, 3.63) is 29.8 Å². The van der Waals surface area contributed by atoms with Gasteiger partial charge in [0, 0.05) is 12.1 Å². The lowest BCUT2D eigenvalue weighted by Gasteiger charge is -2.18. The minimum Gasteiger partial charge on any atom is -0.372 e. The zero-order chi connectivity index (χ0) is 13.7. The van der Waals surface area contributed by atoms with Crippen LogP contribution in [0.4, 0.5) is 14.5 Å². The third-order valence-electron chi connectivity index (χ3n) is 2.70. The highest BCUT2D eigenvalue weighted by Gasteiger charge is 2.15. The van der Waals surface area contributed by atoms with Gasteiger partial charge in [-0.25, -0.2) is 8.78 Å². The number of benzene rings is 1. The van der Waals surface area contributed by atoms with Crippen molar-refractivity contribution in [2.45, 2.75) is 39.3 Å². The van der Waals surface area contributed by atoms with Crippen LogP contribution in [0.2, 0.25) is 0 Å². The molecule has 0 spiro atoms. The Balaban J connectivity index is 2.63. The molecule has 0 saturated heterocycles. The molecule has 0 radical (unpaired) electrons. The molecular weight excluding hydrogens is 238 g/mol. The molecule has 5 heteroatoms. The van der Waals surface area contributed by atoms with Crippen LogP contribution in [0.1, 0.15) is 27.2 Å². The highest BCUT2D eigenvalue weighted by molar-refractivity contribution is 5.84.